The highest BCUT2D eigenvalue weighted by Crippen LogP contribution is 2.60. The fourth-order valence-electron chi connectivity index (χ4n) is 8.65. The van der Waals surface area contributed by atoms with Gasteiger partial charge < -0.3 is 29.3 Å². The smallest absolute Gasteiger partial charge is 0.249 e. The van der Waals surface area contributed by atoms with Gasteiger partial charge in [-0.15, -0.1) is 13.2 Å². The first kappa shape index (κ1) is 36.7. The highest BCUT2D eigenvalue weighted by molar-refractivity contribution is 6.03. The second kappa shape index (κ2) is 14.1. The fourth-order valence-corrected chi connectivity index (χ4v) is 8.65. The number of ether oxygens (including phenoxy) is 2. The van der Waals surface area contributed by atoms with Gasteiger partial charge in [-0.2, -0.15) is 0 Å². The van der Waals surface area contributed by atoms with Crippen LogP contribution in [-0.4, -0.2) is 88.3 Å². The second-order valence-electron chi connectivity index (χ2n) is 15.4. The number of hydrogen-bond acceptors (Lipinski definition) is 6. The average molecular weight is 652 g/mol. The molecule has 9 nitrogen and oxygen atoms in total. The number of amides is 3. The maximum Gasteiger partial charge on any atom is 0.249 e. The Hall–Kier alpha value is -3.17. The van der Waals surface area contributed by atoms with Gasteiger partial charge in [-0.3, -0.25) is 14.4 Å². The zero-order valence-corrected chi connectivity index (χ0v) is 29.8. The van der Waals surface area contributed by atoms with Crippen LogP contribution in [0.5, 0.6) is 5.75 Å². The molecule has 0 aromatic heterocycles. The number of fused-ring (bicyclic) bond motifs is 1. The Bertz CT molecular complexity index is 1320. The van der Waals surface area contributed by atoms with Crippen molar-refractivity contribution >= 4 is 23.4 Å². The number of aliphatic hydroxyl groups is 1. The number of likely N-dealkylation sites (tertiary alicyclic amines) is 1. The SMILES string of the molecule is C=CCN(C(=O)[C@@H]1[C@@H]2CCC3(O2)C(C(=O)N(CC=C)C(C)(C)CC(C)(C)C)N([C@@H](CO)[C@@H](C)CC)C(=O)[C@H]13)c1ccc(OCC)cc1. The van der Waals surface area contributed by atoms with Crippen LogP contribution in [0, 0.1) is 23.2 Å². The highest BCUT2D eigenvalue weighted by Gasteiger charge is 2.76. The molecule has 0 aliphatic carbocycles. The van der Waals surface area contributed by atoms with Crippen LogP contribution < -0.4 is 9.64 Å². The molecule has 3 aliphatic rings. The molecule has 0 radical (unpaired) electrons. The van der Waals surface area contributed by atoms with Gasteiger partial charge >= 0.3 is 0 Å². The normalized spacial score (nSPS) is 26.5. The van der Waals surface area contributed by atoms with Gasteiger partial charge in [-0.05, 0) is 75.6 Å². The van der Waals surface area contributed by atoms with E-state index in [0.29, 0.717) is 50.3 Å². The fraction of sp³-hybridized carbons (Fsp3) is 0.658. The lowest BCUT2D eigenvalue weighted by Crippen LogP contribution is -2.63. The van der Waals surface area contributed by atoms with Gasteiger partial charge in [-0.25, -0.2) is 0 Å². The van der Waals surface area contributed by atoms with Crippen LogP contribution in [0.3, 0.4) is 0 Å². The van der Waals surface area contributed by atoms with Crippen molar-refractivity contribution in [3.8, 4) is 5.75 Å². The first-order valence-electron chi connectivity index (χ1n) is 17.3. The van der Waals surface area contributed by atoms with E-state index in [9.17, 15) is 14.7 Å². The molecule has 9 heteroatoms. The van der Waals surface area contributed by atoms with Crippen LogP contribution in [0.25, 0.3) is 0 Å². The van der Waals surface area contributed by atoms with E-state index in [2.05, 4.69) is 47.8 Å². The van der Waals surface area contributed by atoms with E-state index in [1.54, 1.807) is 22.0 Å². The van der Waals surface area contributed by atoms with Crippen LogP contribution in [0.4, 0.5) is 5.69 Å². The summed E-state index contributed by atoms with van der Waals surface area (Å²) in [5.74, 6) is -1.77. The Kier molecular flexibility index (Phi) is 11.0. The number of aliphatic hydroxyl groups excluding tert-OH is 1. The molecule has 1 N–H and O–H groups in total. The molecule has 3 saturated heterocycles. The van der Waals surface area contributed by atoms with Crippen molar-refractivity contribution in [2.24, 2.45) is 23.2 Å². The summed E-state index contributed by atoms with van der Waals surface area (Å²) in [7, 11) is 0. The maximum atomic E-state index is 15.1. The lowest BCUT2D eigenvalue weighted by atomic mass is 9.70. The summed E-state index contributed by atoms with van der Waals surface area (Å²) in [6.07, 6.45) is 5.35. The van der Waals surface area contributed by atoms with Gasteiger partial charge in [-0.1, -0.05) is 53.2 Å². The molecule has 2 unspecified atom stereocenters. The van der Waals surface area contributed by atoms with Crippen molar-refractivity contribution in [2.75, 3.05) is 31.2 Å². The zero-order valence-electron chi connectivity index (χ0n) is 29.8. The van der Waals surface area contributed by atoms with Crippen LogP contribution in [0.2, 0.25) is 0 Å². The molecule has 3 fully saturated rings. The average Bonchev–Trinajstić information content (AvgIpc) is 3.65. The van der Waals surface area contributed by atoms with Crippen molar-refractivity contribution in [3.63, 3.8) is 0 Å². The Morgan fingerprint density at radius 2 is 1.74 bits per heavy atom. The van der Waals surface area contributed by atoms with Crippen molar-refractivity contribution < 1.29 is 29.0 Å². The molecule has 2 bridgehead atoms. The largest absolute Gasteiger partial charge is 0.494 e. The molecule has 4 rings (SSSR count). The summed E-state index contributed by atoms with van der Waals surface area (Å²) in [4.78, 5) is 49.7. The Balaban J connectivity index is 1.82. The van der Waals surface area contributed by atoms with E-state index in [1.165, 1.54) is 0 Å². The number of carbonyl (C=O) groups is 3. The molecular formula is C38H57N3O6. The van der Waals surface area contributed by atoms with Crippen LogP contribution in [-0.2, 0) is 19.1 Å². The van der Waals surface area contributed by atoms with Gasteiger partial charge in [0.2, 0.25) is 17.7 Å². The highest BCUT2D eigenvalue weighted by atomic mass is 16.5. The van der Waals surface area contributed by atoms with E-state index in [4.69, 9.17) is 9.47 Å². The van der Waals surface area contributed by atoms with Crippen molar-refractivity contribution in [2.45, 2.75) is 110 Å². The number of anilines is 1. The van der Waals surface area contributed by atoms with E-state index >= 15 is 4.79 Å². The summed E-state index contributed by atoms with van der Waals surface area (Å²) in [6.45, 7) is 25.1. The number of rotatable bonds is 15. The topological polar surface area (TPSA) is 99.6 Å². The molecule has 3 amide bonds. The van der Waals surface area contributed by atoms with Crippen molar-refractivity contribution in [1.29, 1.82) is 0 Å². The molecular weight excluding hydrogens is 594 g/mol. The third-order valence-corrected chi connectivity index (χ3v) is 10.4. The monoisotopic (exact) mass is 651 g/mol. The van der Waals surface area contributed by atoms with Gasteiger partial charge in [0.15, 0.2) is 0 Å². The second-order valence-corrected chi connectivity index (χ2v) is 15.4. The van der Waals surface area contributed by atoms with E-state index in [1.807, 2.05) is 49.9 Å². The van der Waals surface area contributed by atoms with Crippen LogP contribution in [0.15, 0.2) is 49.6 Å². The van der Waals surface area contributed by atoms with Crippen molar-refractivity contribution in [3.05, 3.63) is 49.6 Å². The molecule has 0 saturated carbocycles. The summed E-state index contributed by atoms with van der Waals surface area (Å²) in [6, 6.07) is 5.73. The molecule has 1 aromatic rings. The van der Waals surface area contributed by atoms with Gasteiger partial charge in [0.25, 0.3) is 0 Å². The maximum absolute atomic E-state index is 15.1. The number of nitrogens with zero attached hydrogens (tertiary/aromatic N) is 3. The summed E-state index contributed by atoms with van der Waals surface area (Å²) in [5, 5.41) is 10.8. The molecule has 3 aliphatic heterocycles. The predicted molar refractivity (Wildman–Crippen MR) is 185 cm³/mol. The summed E-state index contributed by atoms with van der Waals surface area (Å²) in [5.41, 5.74) is -1.16. The Morgan fingerprint density at radius 3 is 2.28 bits per heavy atom. The molecule has 47 heavy (non-hydrogen) atoms. The first-order valence-corrected chi connectivity index (χ1v) is 17.3. The molecule has 3 heterocycles. The third-order valence-electron chi connectivity index (χ3n) is 10.4. The lowest BCUT2D eigenvalue weighted by Gasteiger charge is -2.47. The van der Waals surface area contributed by atoms with Gasteiger partial charge in [0, 0.05) is 24.3 Å². The van der Waals surface area contributed by atoms with Gasteiger partial charge in [0.1, 0.15) is 17.4 Å². The minimum Gasteiger partial charge on any atom is -0.494 e. The first-order chi connectivity index (χ1) is 22.1. The molecule has 1 spiro atoms. The lowest BCUT2D eigenvalue weighted by molar-refractivity contribution is -0.156. The van der Waals surface area contributed by atoms with Gasteiger partial charge in [0.05, 0.1) is 37.2 Å². The standard InChI is InChI=1S/C38H57N3O6/c1-11-21-39(26-15-17-27(18-16-26)46-14-4)33(43)30-29-19-20-38(47-29)31(30)34(44)41(28(23-42)25(5)13-3)32(38)35(45)40(22-12-2)37(9,10)24-36(6,7)8/h11-12,15-18,25,28-32,42H,1-2,13-14,19-24H2,3-10H3/t25-,28-,29-,30+,31-,32?,38?/m0/s1. The summed E-state index contributed by atoms with van der Waals surface area (Å²) < 4.78 is 12.4. The Morgan fingerprint density at radius 1 is 1.11 bits per heavy atom. The summed E-state index contributed by atoms with van der Waals surface area (Å²) >= 11 is 0. The Labute approximate surface area is 281 Å². The van der Waals surface area contributed by atoms with Crippen LogP contribution >= 0.6 is 0 Å². The van der Waals surface area contributed by atoms with Crippen molar-refractivity contribution in [1.82, 2.24) is 9.80 Å². The zero-order chi connectivity index (χ0) is 34.9. The quantitative estimate of drug-likeness (QED) is 0.248. The molecule has 260 valence electrons. The van der Waals surface area contributed by atoms with Crippen LogP contribution in [0.1, 0.15) is 81.1 Å². The van der Waals surface area contributed by atoms with E-state index in [0.717, 1.165) is 0 Å². The minimum absolute atomic E-state index is 0.0745. The molecule has 1 aromatic carbocycles. The van der Waals surface area contributed by atoms with E-state index in [-0.39, 0.29) is 42.2 Å². The molecule has 7 atom stereocenters. The number of hydrogen-bond donors (Lipinski definition) is 1. The predicted octanol–water partition coefficient (Wildman–Crippen LogP) is 5.62. The minimum atomic E-state index is -1.18. The number of carbonyl (C=O) groups excluding carboxylic acids is 3. The third kappa shape index (κ3) is 6.75. The number of benzene rings is 1. The van der Waals surface area contributed by atoms with E-state index < -0.39 is 41.2 Å².